The van der Waals surface area contributed by atoms with Gasteiger partial charge in [0.05, 0.1) is 18.3 Å². The molecule has 0 radical (unpaired) electrons. The smallest absolute Gasteiger partial charge is 0.317 e. The van der Waals surface area contributed by atoms with E-state index in [2.05, 4.69) is 26.2 Å². The van der Waals surface area contributed by atoms with E-state index in [0.29, 0.717) is 22.9 Å². The van der Waals surface area contributed by atoms with Crippen LogP contribution in [0.15, 0.2) is 0 Å². The van der Waals surface area contributed by atoms with Crippen LogP contribution in [0.1, 0.15) is 32.1 Å². The van der Waals surface area contributed by atoms with Crippen LogP contribution in [0.4, 0.5) is 0 Å². The van der Waals surface area contributed by atoms with Crippen LogP contribution in [0, 0.1) is 47.3 Å². The first-order valence-corrected chi connectivity index (χ1v) is 18.0. The summed E-state index contributed by atoms with van der Waals surface area (Å²) >= 11 is 0. The van der Waals surface area contributed by atoms with Crippen molar-refractivity contribution in [2.45, 2.75) is 69.4 Å². The van der Waals surface area contributed by atoms with Crippen LogP contribution >= 0.6 is 0 Å². The van der Waals surface area contributed by atoms with Gasteiger partial charge in [0.15, 0.2) is 16.6 Å². The maximum atomic E-state index is 12.6. The first-order chi connectivity index (χ1) is 14.5. The number of carbonyl (C=O) groups is 4. The number of rotatable bonds is 4. The fourth-order valence-electron chi connectivity index (χ4n) is 9.35. The third kappa shape index (κ3) is 2.64. The van der Waals surface area contributed by atoms with E-state index in [1.165, 1.54) is 0 Å². The maximum Gasteiger partial charge on any atom is 0.317 e. The van der Waals surface area contributed by atoms with Gasteiger partial charge < -0.3 is 8.85 Å². The Labute approximate surface area is 185 Å². The van der Waals surface area contributed by atoms with Crippen molar-refractivity contribution in [1.82, 2.24) is 0 Å². The number of ether oxygens (including phenoxy) is 1. The highest BCUT2D eigenvalue weighted by atomic mass is 28.4. The van der Waals surface area contributed by atoms with E-state index in [1.807, 2.05) is 0 Å². The number of carbonyl (C=O) groups excluding carboxylic acids is 4. The second-order valence-electron chi connectivity index (χ2n) is 12.3. The Morgan fingerprint density at radius 1 is 0.677 bits per heavy atom. The topological polar surface area (TPSA) is 86.7 Å². The summed E-state index contributed by atoms with van der Waals surface area (Å²) in [6.07, 6.45) is 4.14. The Morgan fingerprint density at radius 2 is 1.16 bits per heavy atom. The molecule has 6 nitrogen and oxygen atoms in total. The summed E-state index contributed by atoms with van der Waals surface area (Å²) < 4.78 is 12.2. The number of hydrogen-bond acceptors (Lipinski definition) is 6. The van der Waals surface area contributed by atoms with Crippen molar-refractivity contribution in [3.8, 4) is 0 Å². The van der Waals surface area contributed by atoms with E-state index >= 15 is 0 Å². The molecule has 4 bridgehead atoms. The minimum Gasteiger partial charge on any atom is -0.455 e. The average Bonchev–Trinajstić information content (AvgIpc) is 3.46. The lowest BCUT2D eigenvalue weighted by atomic mass is 9.81. The van der Waals surface area contributed by atoms with Gasteiger partial charge >= 0.3 is 11.9 Å². The molecule has 0 aromatic rings. The zero-order valence-electron chi connectivity index (χ0n) is 18.8. The van der Waals surface area contributed by atoms with Gasteiger partial charge in [-0.25, -0.2) is 0 Å². The van der Waals surface area contributed by atoms with Crippen LogP contribution < -0.4 is 0 Å². The molecule has 6 rings (SSSR count). The van der Waals surface area contributed by atoms with E-state index < -0.39 is 16.6 Å². The molecular formula is C23H32O6Si2. The van der Waals surface area contributed by atoms with Crippen LogP contribution in [-0.2, 0) is 28.0 Å². The third-order valence-corrected chi connectivity index (χ3v) is 19.3. The lowest BCUT2D eigenvalue weighted by Crippen LogP contribution is -2.53. The van der Waals surface area contributed by atoms with Gasteiger partial charge in [-0.15, -0.1) is 0 Å². The molecule has 0 amide bonds. The van der Waals surface area contributed by atoms with E-state index in [4.69, 9.17) is 8.85 Å². The normalized spacial score (nSPS) is 48.0. The molecule has 8 heteroatoms. The summed E-state index contributed by atoms with van der Waals surface area (Å²) in [6, 6.07) is 0. The van der Waals surface area contributed by atoms with Crippen molar-refractivity contribution in [1.29, 1.82) is 0 Å². The van der Waals surface area contributed by atoms with Crippen LogP contribution in [0.5, 0.6) is 0 Å². The molecule has 168 valence electrons. The van der Waals surface area contributed by atoms with Crippen molar-refractivity contribution >= 4 is 40.1 Å². The monoisotopic (exact) mass is 460 g/mol. The Morgan fingerprint density at radius 3 is 1.77 bits per heavy atom. The predicted octanol–water partition coefficient (Wildman–Crippen LogP) is 3.32. The molecule has 31 heavy (non-hydrogen) atoms. The Hall–Kier alpha value is -1.13. The molecule has 6 fully saturated rings. The lowest BCUT2D eigenvalue weighted by Gasteiger charge is -2.46. The van der Waals surface area contributed by atoms with Crippen molar-refractivity contribution in [3.05, 3.63) is 0 Å². The van der Waals surface area contributed by atoms with E-state index in [1.54, 1.807) is 0 Å². The largest absolute Gasteiger partial charge is 0.455 e. The Bertz CT molecular complexity index is 840. The highest BCUT2D eigenvalue weighted by Crippen LogP contribution is 2.66. The molecule has 0 spiro atoms. The molecule has 1 heterocycles. The molecule has 5 aliphatic carbocycles. The van der Waals surface area contributed by atoms with Crippen molar-refractivity contribution in [2.24, 2.45) is 47.3 Å². The van der Waals surface area contributed by atoms with Gasteiger partial charge in [-0.05, 0) is 86.6 Å². The molecule has 0 aromatic carbocycles. The molecule has 6 aliphatic rings. The summed E-state index contributed by atoms with van der Waals surface area (Å²) in [6.45, 7) is 9.22. The molecular weight excluding hydrogens is 428 g/mol. The van der Waals surface area contributed by atoms with Crippen LogP contribution in [-0.4, -0.2) is 40.1 Å². The van der Waals surface area contributed by atoms with E-state index in [0.717, 1.165) is 25.7 Å². The van der Waals surface area contributed by atoms with Crippen LogP contribution in [0.3, 0.4) is 0 Å². The molecule has 10 unspecified atom stereocenters. The predicted molar refractivity (Wildman–Crippen MR) is 116 cm³/mol. The van der Waals surface area contributed by atoms with Gasteiger partial charge in [0, 0.05) is 11.8 Å². The standard InChI is InChI=1S/C23H32O6Si2/c1-30(2,16-7-10-5-12(16)20-15(25)9-14(24)18(10)20)29-31(3,4)17-8-11-6-13(17)21-19(11)22(26)28-23(21)27/h10-13,16-21H,5-9H2,1-4H3. The Balaban J connectivity index is 1.21. The number of esters is 2. The SMILES string of the molecule is C[Si](C)(O[Si](C)(C)C1CC2CC1C1C(=O)OC(=O)C21)C1CC2CC1C1C(=O)CC(=O)C21. The molecule has 1 aliphatic heterocycles. The summed E-state index contributed by atoms with van der Waals surface area (Å²) in [5.74, 6) is 0.440. The Kier molecular flexibility index (Phi) is 4.13. The fraction of sp³-hybridized carbons (Fsp3) is 0.826. The molecule has 0 N–H and O–H groups in total. The average molecular weight is 461 g/mol. The molecule has 1 saturated heterocycles. The fourth-order valence-corrected chi connectivity index (χ4v) is 20.5. The number of hydrogen-bond donors (Lipinski definition) is 0. The summed E-state index contributed by atoms with van der Waals surface area (Å²) in [5.41, 5.74) is 0.815. The van der Waals surface area contributed by atoms with Gasteiger partial charge in [0.25, 0.3) is 0 Å². The number of fused-ring (bicyclic) bond motifs is 10. The number of ketones is 2. The van der Waals surface area contributed by atoms with Crippen LogP contribution in [0.2, 0.25) is 37.3 Å². The van der Waals surface area contributed by atoms with Crippen molar-refractivity contribution in [3.63, 3.8) is 0 Å². The maximum absolute atomic E-state index is 12.6. The zero-order valence-corrected chi connectivity index (χ0v) is 20.8. The van der Waals surface area contributed by atoms with Crippen LogP contribution in [0.25, 0.3) is 0 Å². The highest BCUT2D eigenvalue weighted by molar-refractivity contribution is 6.86. The van der Waals surface area contributed by atoms with Gasteiger partial charge in [0.1, 0.15) is 11.6 Å². The third-order valence-electron chi connectivity index (χ3n) is 10.2. The van der Waals surface area contributed by atoms with Crippen molar-refractivity contribution in [2.75, 3.05) is 0 Å². The summed E-state index contributed by atoms with van der Waals surface area (Å²) in [7, 11) is -4.25. The quantitative estimate of drug-likeness (QED) is 0.363. The second kappa shape index (κ2) is 6.26. The number of Topliss-reactive ketones (excluding diaryl/α,β-unsaturated/α-hetero) is 2. The first kappa shape index (κ1) is 20.5. The van der Waals surface area contributed by atoms with Gasteiger partial charge in [0.2, 0.25) is 0 Å². The van der Waals surface area contributed by atoms with E-state index in [9.17, 15) is 19.2 Å². The van der Waals surface area contributed by atoms with Gasteiger partial charge in [-0.1, -0.05) is 0 Å². The zero-order chi connectivity index (χ0) is 22.0. The van der Waals surface area contributed by atoms with Gasteiger partial charge in [-0.2, -0.15) is 0 Å². The molecule has 10 atom stereocenters. The lowest BCUT2D eigenvalue weighted by molar-refractivity contribution is -0.154. The summed E-state index contributed by atoms with van der Waals surface area (Å²) in [5, 5.41) is 0. The highest BCUT2D eigenvalue weighted by Gasteiger charge is 2.67. The number of cyclic esters (lactones) is 2. The minimum atomic E-state index is -2.14. The van der Waals surface area contributed by atoms with Crippen molar-refractivity contribution < 1.29 is 28.0 Å². The first-order valence-electron chi connectivity index (χ1n) is 12.0. The summed E-state index contributed by atoms with van der Waals surface area (Å²) in [4.78, 5) is 49.4. The van der Waals surface area contributed by atoms with E-state index in [-0.39, 0.29) is 65.4 Å². The second-order valence-corrected chi connectivity index (χ2v) is 21.0. The molecule has 0 aromatic heterocycles. The minimum absolute atomic E-state index is 0.00257. The molecule has 5 saturated carbocycles. The van der Waals surface area contributed by atoms with Gasteiger partial charge in [-0.3, -0.25) is 19.2 Å².